The van der Waals surface area contributed by atoms with E-state index in [1.165, 1.54) is 22.7 Å². The van der Waals surface area contributed by atoms with Gasteiger partial charge in [0.1, 0.15) is 0 Å². The number of hydrogen-bond acceptors (Lipinski definition) is 4. The van der Waals surface area contributed by atoms with Gasteiger partial charge in [0, 0.05) is 0 Å². The van der Waals surface area contributed by atoms with E-state index in [4.69, 9.17) is 0 Å². The molecule has 0 aliphatic rings. The summed E-state index contributed by atoms with van der Waals surface area (Å²) in [6.45, 7) is 0. The zero-order chi connectivity index (χ0) is 9.97. The van der Waals surface area contributed by atoms with Crippen LogP contribution in [-0.2, 0) is 0 Å². The van der Waals surface area contributed by atoms with Crippen molar-refractivity contribution in [2.45, 2.75) is 0 Å². The van der Waals surface area contributed by atoms with E-state index in [2.05, 4.69) is 0 Å². The van der Waals surface area contributed by atoms with Crippen LogP contribution in [0.25, 0.3) is 11.5 Å². The predicted molar refractivity (Wildman–Crippen MR) is 60.7 cm³/mol. The van der Waals surface area contributed by atoms with Crippen molar-refractivity contribution in [1.29, 1.82) is 0 Å². The number of thiophene rings is 2. The van der Waals surface area contributed by atoms with Gasteiger partial charge in [-0.1, -0.05) is 12.1 Å². The summed E-state index contributed by atoms with van der Waals surface area (Å²) in [6.07, 6.45) is 0. The fourth-order valence-electron chi connectivity index (χ4n) is 1.06. The first-order valence-corrected chi connectivity index (χ1v) is 5.75. The van der Waals surface area contributed by atoms with Gasteiger partial charge in [0.05, 0.1) is 9.75 Å². The molecule has 2 N–H and O–H groups in total. The van der Waals surface area contributed by atoms with Crippen LogP contribution >= 0.6 is 22.7 Å². The maximum Gasteiger partial charge on any atom is 0.176 e. The second-order valence-electron chi connectivity index (χ2n) is 2.65. The first kappa shape index (κ1) is 9.30. The van der Waals surface area contributed by atoms with E-state index in [0.29, 0.717) is 9.75 Å². The Labute approximate surface area is 89.4 Å². The Morgan fingerprint density at radius 2 is 1.29 bits per heavy atom. The fraction of sp³-hybridized carbons (Fsp3) is 0. The van der Waals surface area contributed by atoms with Gasteiger partial charge >= 0.3 is 0 Å². The summed E-state index contributed by atoms with van der Waals surface area (Å²) in [5.74, 6) is -0.107. The lowest BCUT2D eigenvalue weighted by atomic mass is 10.3. The van der Waals surface area contributed by atoms with Crippen molar-refractivity contribution in [3.05, 3.63) is 44.8 Å². The van der Waals surface area contributed by atoms with E-state index in [0.717, 1.165) is 0 Å². The number of aliphatic hydroxyl groups is 2. The Morgan fingerprint density at radius 3 is 1.57 bits per heavy atom. The molecule has 0 radical (unpaired) electrons. The van der Waals surface area contributed by atoms with E-state index in [1.54, 1.807) is 12.1 Å². The molecule has 0 aliphatic heterocycles. The standard InChI is InChI=1S/C10H8O2S2/c11-9(7-3-1-5-13-7)10(12)8-4-2-6-14-8/h1-6,11-12H/b10-9+. The number of aliphatic hydroxyl groups excluding tert-OH is 2. The molecule has 72 valence electrons. The molecule has 2 aromatic heterocycles. The van der Waals surface area contributed by atoms with Crippen molar-refractivity contribution in [3.8, 4) is 0 Å². The second-order valence-corrected chi connectivity index (χ2v) is 4.55. The molecule has 0 saturated carbocycles. The van der Waals surface area contributed by atoms with Crippen LogP contribution in [0.1, 0.15) is 9.75 Å². The lowest BCUT2D eigenvalue weighted by Gasteiger charge is -1.99. The zero-order valence-corrected chi connectivity index (χ0v) is 8.81. The molecular weight excluding hydrogens is 216 g/mol. The number of rotatable bonds is 2. The highest BCUT2D eigenvalue weighted by Crippen LogP contribution is 2.27. The normalized spacial score (nSPS) is 12.6. The van der Waals surface area contributed by atoms with E-state index < -0.39 is 0 Å². The van der Waals surface area contributed by atoms with Crippen molar-refractivity contribution < 1.29 is 10.2 Å². The summed E-state index contributed by atoms with van der Waals surface area (Å²) in [7, 11) is 0. The van der Waals surface area contributed by atoms with E-state index in [1.807, 2.05) is 22.9 Å². The van der Waals surface area contributed by atoms with Crippen LogP contribution in [0, 0.1) is 0 Å². The topological polar surface area (TPSA) is 40.5 Å². The summed E-state index contributed by atoms with van der Waals surface area (Å²) in [4.78, 5) is 1.35. The third-order valence-corrected chi connectivity index (χ3v) is 3.49. The van der Waals surface area contributed by atoms with Crippen LogP contribution in [0.3, 0.4) is 0 Å². The van der Waals surface area contributed by atoms with Gasteiger partial charge in [-0.15, -0.1) is 22.7 Å². The lowest BCUT2D eigenvalue weighted by molar-refractivity contribution is 0.462. The van der Waals surface area contributed by atoms with E-state index in [-0.39, 0.29) is 11.5 Å². The smallest absolute Gasteiger partial charge is 0.176 e. The summed E-state index contributed by atoms with van der Waals surface area (Å²) in [5, 5.41) is 23.1. The molecule has 0 amide bonds. The molecule has 0 aliphatic carbocycles. The molecule has 0 spiro atoms. The summed E-state index contributed by atoms with van der Waals surface area (Å²) in [5.41, 5.74) is 0. The third kappa shape index (κ3) is 1.66. The van der Waals surface area contributed by atoms with Gasteiger partial charge in [-0.3, -0.25) is 0 Å². The minimum atomic E-state index is -0.0533. The monoisotopic (exact) mass is 224 g/mol. The molecule has 14 heavy (non-hydrogen) atoms. The molecule has 0 aromatic carbocycles. The molecule has 0 fully saturated rings. The van der Waals surface area contributed by atoms with Crippen molar-refractivity contribution in [1.82, 2.24) is 0 Å². The highest BCUT2D eigenvalue weighted by Gasteiger charge is 2.10. The van der Waals surface area contributed by atoms with Gasteiger partial charge < -0.3 is 10.2 Å². The molecule has 0 atom stereocenters. The molecule has 2 rings (SSSR count). The van der Waals surface area contributed by atoms with Gasteiger partial charge in [-0.05, 0) is 22.9 Å². The zero-order valence-electron chi connectivity index (χ0n) is 7.18. The minimum absolute atomic E-state index is 0.0533. The van der Waals surface area contributed by atoms with Crippen LogP contribution in [0.5, 0.6) is 0 Å². The number of hydrogen-bond donors (Lipinski definition) is 2. The van der Waals surface area contributed by atoms with Gasteiger partial charge in [-0.25, -0.2) is 0 Å². The van der Waals surface area contributed by atoms with Gasteiger partial charge in [0.15, 0.2) is 11.5 Å². The highest BCUT2D eigenvalue weighted by atomic mass is 32.1. The molecular formula is C10H8O2S2. The molecule has 4 heteroatoms. The summed E-state index contributed by atoms with van der Waals surface area (Å²) < 4.78 is 0. The predicted octanol–water partition coefficient (Wildman–Crippen LogP) is 3.75. The van der Waals surface area contributed by atoms with Crippen LogP contribution in [-0.4, -0.2) is 10.2 Å². The Balaban J connectivity index is 2.41. The van der Waals surface area contributed by atoms with Crippen LogP contribution < -0.4 is 0 Å². The second kappa shape index (κ2) is 3.86. The first-order chi connectivity index (χ1) is 6.79. The average molecular weight is 224 g/mol. The van der Waals surface area contributed by atoms with Crippen LogP contribution in [0.4, 0.5) is 0 Å². The van der Waals surface area contributed by atoms with Crippen LogP contribution in [0.15, 0.2) is 35.0 Å². The SMILES string of the molecule is O/C(=C(/O)c1cccs1)c1cccs1. The minimum Gasteiger partial charge on any atom is -0.503 e. The molecule has 0 unspecified atom stereocenters. The first-order valence-electron chi connectivity index (χ1n) is 3.99. The summed E-state index contributed by atoms with van der Waals surface area (Å²) >= 11 is 2.79. The molecule has 0 bridgehead atoms. The van der Waals surface area contributed by atoms with Gasteiger partial charge in [0.2, 0.25) is 0 Å². The van der Waals surface area contributed by atoms with Gasteiger partial charge in [0.25, 0.3) is 0 Å². The van der Waals surface area contributed by atoms with Crippen molar-refractivity contribution >= 4 is 34.2 Å². The Bertz CT molecular complexity index is 384. The van der Waals surface area contributed by atoms with Crippen molar-refractivity contribution in [2.75, 3.05) is 0 Å². The van der Waals surface area contributed by atoms with Gasteiger partial charge in [-0.2, -0.15) is 0 Å². The van der Waals surface area contributed by atoms with E-state index >= 15 is 0 Å². The quantitative estimate of drug-likeness (QED) is 0.763. The Hall–Kier alpha value is -1.26. The molecule has 2 nitrogen and oxygen atoms in total. The molecule has 0 saturated heterocycles. The maximum absolute atomic E-state index is 9.70. The molecule has 2 heterocycles. The lowest BCUT2D eigenvalue weighted by Crippen LogP contribution is -1.85. The maximum atomic E-state index is 9.70. The molecule has 2 aromatic rings. The Kier molecular flexibility index (Phi) is 2.56. The largest absolute Gasteiger partial charge is 0.503 e. The fourth-order valence-corrected chi connectivity index (χ4v) is 2.40. The highest BCUT2D eigenvalue weighted by molar-refractivity contribution is 7.12. The van der Waals surface area contributed by atoms with Crippen LogP contribution in [0.2, 0.25) is 0 Å². The summed E-state index contributed by atoms with van der Waals surface area (Å²) in [6, 6.07) is 7.20. The average Bonchev–Trinajstić information content (AvgIpc) is 2.87. The Morgan fingerprint density at radius 1 is 0.857 bits per heavy atom. The third-order valence-electron chi connectivity index (χ3n) is 1.73. The van der Waals surface area contributed by atoms with E-state index in [9.17, 15) is 10.2 Å². The van der Waals surface area contributed by atoms with Crippen molar-refractivity contribution in [2.24, 2.45) is 0 Å². The van der Waals surface area contributed by atoms with Crippen molar-refractivity contribution in [3.63, 3.8) is 0 Å².